The normalized spacial score (nSPS) is 11.3. The van der Waals surface area contributed by atoms with Crippen molar-refractivity contribution in [2.24, 2.45) is 5.73 Å². The molecule has 0 fully saturated rings. The molecular weight excluding hydrogens is 210 g/mol. The second-order valence-corrected chi connectivity index (χ2v) is 3.43. The van der Waals surface area contributed by atoms with Crippen molar-refractivity contribution in [3.8, 4) is 0 Å². The Bertz CT molecular complexity index is 382. The van der Waals surface area contributed by atoms with E-state index in [9.17, 15) is 4.79 Å². The number of benzene rings is 1. The van der Waals surface area contributed by atoms with Crippen molar-refractivity contribution in [3.05, 3.63) is 48.1 Å². The summed E-state index contributed by atoms with van der Waals surface area (Å²) in [4.78, 5) is 11.2. The monoisotopic (exact) mass is 221 g/mol. The number of carbonyl (C=O) groups excluding carboxylic acids is 1. The lowest BCUT2D eigenvalue weighted by Crippen LogP contribution is -2.04. The molecule has 0 aromatic heterocycles. The largest absolute Gasteiger partial charge is 0.366 e. The van der Waals surface area contributed by atoms with Crippen LogP contribution in [-0.2, 0) is 4.79 Å². The summed E-state index contributed by atoms with van der Waals surface area (Å²) in [6.07, 6.45) is 6.43. The van der Waals surface area contributed by atoms with E-state index in [4.69, 9.17) is 10.3 Å². The maximum absolute atomic E-state index is 10.4. The van der Waals surface area contributed by atoms with Gasteiger partial charge in [0.2, 0.25) is 5.91 Å². The van der Waals surface area contributed by atoms with Gasteiger partial charge >= 0.3 is 0 Å². The van der Waals surface area contributed by atoms with Crippen molar-refractivity contribution in [2.75, 3.05) is 0 Å². The van der Waals surface area contributed by atoms with Gasteiger partial charge in [-0.1, -0.05) is 30.4 Å². The van der Waals surface area contributed by atoms with Crippen LogP contribution in [0.4, 0.5) is 0 Å². The lowest BCUT2D eigenvalue weighted by molar-refractivity contribution is -0.113. The van der Waals surface area contributed by atoms with Gasteiger partial charge in [0.1, 0.15) is 0 Å². The summed E-state index contributed by atoms with van der Waals surface area (Å²) in [5, 5.41) is 0. The van der Waals surface area contributed by atoms with Gasteiger partial charge in [0.15, 0.2) is 0 Å². The van der Waals surface area contributed by atoms with E-state index in [1.54, 1.807) is 12.2 Å². The van der Waals surface area contributed by atoms with E-state index in [2.05, 4.69) is 0 Å². The fourth-order valence-corrected chi connectivity index (χ4v) is 1.21. The minimum absolute atomic E-state index is 0.466. The second kappa shape index (κ2) is 6.06. The van der Waals surface area contributed by atoms with E-state index in [0.717, 1.165) is 10.5 Å². The van der Waals surface area contributed by atoms with E-state index in [1.807, 2.05) is 30.3 Å². The number of carbonyl (C=O) groups is 1. The molecule has 3 N–H and O–H groups in total. The average Bonchev–Trinajstić information content (AvgIpc) is 2.25. The van der Waals surface area contributed by atoms with E-state index in [0.29, 0.717) is 12.0 Å². The van der Waals surface area contributed by atoms with Crippen LogP contribution in [0.3, 0.4) is 0 Å². The van der Waals surface area contributed by atoms with E-state index in [-0.39, 0.29) is 0 Å². The molecule has 1 aromatic rings. The van der Waals surface area contributed by atoms with Crippen LogP contribution >= 0.6 is 12.0 Å². The molecule has 0 saturated carbocycles. The fraction of sp³-hybridized carbons (Fsp3) is 0. The predicted octanol–water partition coefficient (Wildman–Crippen LogP) is 2.31. The lowest BCUT2D eigenvalue weighted by atomic mass is 10.2. The lowest BCUT2D eigenvalue weighted by Gasteiger charge is -1.94. The standard InChI is InChI=1S/C11H11NO2S/c12-11(13)4-2-1-3-9-5-7-10(15-14)8-6-9/h1-8,14H,(H2,12,13)/b3-1+,4-2+. The second-order valence-electron chi connectivity index (χ2n) is 2.78. The summed E-state index contributed by atoms with van der Waals surface area (Å²) in [6, 6.07) is 7.35. The number of rotatable bonds is 4. The summed E-state index contributed by atoms with van der Waals surface area (Å²) in [5.41, 5.74) is 5.91. The number of amides is 1. The van der Waals surface area contributed by atoms with Crippen LogP contribution in [0, 0.1) is 0 Å². The highest BCUT2D eigenvalue weighted by molar-refractivity contribution is 7.93. The van der Waals surface area contributed by atoms with Crippen molar-refractivity contribution in [1.82, 2.24) is 0 Å². The van der Waals surface area contributed by atoms with E-state index in [1.165, 1.54) is 6.08 Å². The van der Waals surface area contributed by atoms with Gasteiger partial charge in [-0.25, -0.2) is 0 Å². The molecule has 0 atom stereocenters. The molecule has 1 rings (SSSR count). The Hall–Kier alpha value is -1.52. The molecule has 0 heterocycles. The Morgan fingerprint density at radius 1 is 1.27 bits per heavy atom. The molecule has 1 aromatic carbocycles. The van der Waals surface area contributed by atoms with Crippen LogP contribution in [0.1, 0.15) is 5.56 Å². The van der Waals surface area contributed by atoms with Gasteiger partial charge in [-0.15, -0.1) is 0 Å². The van der Waals surface area contributed by atoms with Crippen molar-refractivity contribution in [3.63, 3.8) is 0 Å². The van der Waals surface area contributed by atoms with Crippen molar-refractivity contribution in [1.29, 1.82) is 0 Å². The molecule has 0 aliphatic carbocycles. The van der Waals surface area contributed by atoms with Crippen molar-refractivity contribution < 1.29 is 9.35 Å². The summed E-state index contributed by atoms with van der Waals surface area (Å²) < 4.78 is 8.74. The molecule has 0 aliphatic rings. The summed E-state index contributed by atoms with van der Waals surface area (Å²) >= 11 is 0.710. The highest BCUT2D eigenvalue weighted by Crippen LogP contribution is 2.15. The molecular formula is C11H11NO2S. The molecule has 0 bridgehead atoms. The Balaban J connectivity index is 2.61. The van der Waals surface area contributed by atoms with Crippen LogP contribution in [0.25, 0.3) is 6.08 Å². The smallest absolute Gasteiger partial charge is 0.241 e. The average molecular weight is 221 g/mol. The summed E-state index contributed by atoms with van der Waals surface area (Å²) in [7, 11) is 0. The predicted molar refractivity (Wildman–Crippen MR) is 62.3 cm³/mol. The van der Waals surface area contributed by atoms with Crippen LogP contribution in [-0.4, -0.2) is 10.5 Å². The van der Waals surface area contributed by atoms with Gasteiger partial charge in [-0.05, 0) is 17.7 Å². The third-order valence-corrected chi connectivity index (χ3v) is 2.13. The first-order chi connectivity index (χ1) is 7.22. The number of allylic oxidation sites excluding steroid dienone is 2. The zero-order chi connectivity index (χ0) is 11.1. The van der Waals surface area contributed by atoms with Gasteiger partial charge in [0, 0.05) is 23.0 Å². The fourth-order valence-electron chi connectivity index (χ4n) is 0.957. The van der Waals surface area contributed by atoms with Crippen LogP contribution in [0.15, 0.2) is 47.4 Å². The summed E-state index contributed by atoms with van der Waals surface area (Å²) in [5.74, 6) is -0.466. The highest BCUT2D eigenvalue weighted by Gasteiger charge is 1.89. The topological polar surface area (TPSA) is 63.3 Å². The SMILES string of the molecule is NC(=O)/C=C/C=C/c1ccc(SO)cc1. The first-order valence-electron chi connectivity index (χ1n) is 4.28. The first-order valence-corrected chi connectivity index (χ1v) is 5.05. The molecule has 78 valence electrons. The Labute approximate surface area is 92.5 Å². The highest BCUT2D eigenvalue weighted by atomic mass is 32.2. The Kier molecular flexibility index (Phi) is 4.66. The van der Waals surface area contributed by atoms with Crippen molar-refractivity contribution >= 4 is 24.0 Å². The van der Waals surface area contributed by atoms with Gasteiger partial charge < -0.3 is 10.3 Å². The van der Waals surface area contributed by atoms with Gasteiger partial charge in [-0.2, -0.15) is 0 Å². The van der Waals surface area contributed by atoms with Crippen LogP contribution in [0.5, 0.6) is 0 Å². The molecule has 3 nitrogen and oxygen atoms in total. The van der Waals surface area contributed by atoms with Gasteiger partial charge in [0.05, 0.1) is 0 Å². The molecule has 4 heteroatoms. The van der Waals surface area contributed by atoms with Gasteiger partial charge in [-0.3, -0.25) is 4.79 Å². The van der Waals surface area contributed by atoms with Crippen LogP contribution in [0.2, 0.25) is 0 Å². The molecule has 0 saturated heterocycles. The molecule has 15 heavy (non-hydrogen) atoms. The first kappa shape index (κ1) is 11.6. The number of primary amides is 1. The minimum atomic E-state index is -0.466. The summed E-state index contributed by atoms with van der Waals surface area (Å²) in [6.45, 7) is 0. The maximum Gasteiger partial charge on any atom is 0.241 e. The molecule has 0 unspecified atom stereocenters. The number of hydrogen-bond donors (Lipinski definition) is 2. The molecule has 1 amide bonds. The molecule has 0 radical (unpaired) electrons. The third-order valence-electron chi connectivity index (χ3n) is 1.65. The number of nitrogens with two attached hydrogens (primary N) is 1. The van der Waals surface area contributed by atoms with E-state index >= 15 is 0 Å². The maximum atomic E-state index is 10.4. The number of hydrogen-bond acceptors (Lipinski definition) is 3. The van der Waals surface area contributed by atoms with Crippen LogP contribution < -0.4 is 5.73 Å². The van der Waals surface area contributed by atoms with E-state index < -0.39 is 5.91 Å². The minimum Gasteiger partial charge on any atom is -0.366 e. The molecule has 0 aliphatic heterocycles. The Morgan fingerprint density at radius 2 is 1.93 bits per heavy atom. The van der Waals surface area contributed by atoms with Gasteiger partial charge in [0.25, 0.3) is 0 Å². The van der Waals surface area contributed by atoms with Crippen molar-refractivity contribution in [2.45, 2.75) is 4.90 Å². The molecule has 0 spiro atoms. The zero-order valence-corrected chi connectivity index (χ0v) is 8.78. The quantitative estimate of drug-likeness (QED) is 0.466. The zero-order valence-electron chi connectivity index (χ0n) is 7.96. The Morgan fingerprint density at radius 3 is 2.47 bits per heavy atom. The third kappa shape index (κ3) is 4.49.